The molecule has 0 radical (unpaired) electrons. The van der Waals surface area contributed by atoms with Crippen molar-refractivity contribution in [1.29, 1.82) is 0 Å². The molecule has 176 valence electrons. The lowest BCUT2D eigenvalue weighted by molar-refractivity contribution is 0.442. The summed E-state index contributed by atoms with van der Waals surface area (Å²) in [5, 5.41) is -3.58. The molecule has 3 aromatic heterocycles. The third kappa shape index (κ3) is 2.47. The van der Waals surface area contributed by atoms with Crippen LogP contribution in [-0.4, -0.2) is 4.40 Å². The van der Waals surface area contributed by atoms with Crippen LogP contribution in [-0.2, 0) is 0 Å². The normalized spacial score (nSPS) is 13.4. The maximum atomic E-state index is 15.2. The zero-order valence-corrected chi connectivity index (χ0v) is 18.1. The minimum absolute atomic E-state index is 0.00545. The molecule has 9 heteroatoms. The van der Waals surface area contributed by atoms with Gasteiger partial charge in [-0.25, -0.2) is 26.3 Å². The van der Waals surface area contributed by atoms with Crippen molar-refractivity contribution >= 4 is 48.9 Å². The predicted molar refractivity (Wildman–Crippen MR) is 121 cm³/mol. The third-order valence-electron chi connectivity index (χ3n) is 7.00. The lowest BCUT2D eigenvalue weighted by Crippen LogP contribution is -2.15. The average molecular weight is 485 g/mol. The second-order valence-electron chi connectivity index (χ2n) is 8.78. The van der Waals surface area contributed by atoms with Crippen LogP contribution in [0.1, 0.15) is 31.7 Å². The van der Waals surface area contributed by atoms with Gasteiger partial charge in [-0.1, -0.05) is 13.8 Å². The second kappa shape index (κ2) is 6.84. The second-order valence-corrected chi connectivity index (χ2v) is 8.78. The van der Waals surface area contributed by atoms with Gasteiger partial charge in [-0.05, 0) is 30.0 Å². The van der Waals surface area contributed by atoms with Crippen LogP contribution in [0.3, 0.4) is 0 Å². The first-order valence-electron chi connectivity index (χ1n) is 10.8. The van der Waals surface area contributed by atoms with E-state index in [0.717, 1.165) is 16.5 Å². The number of hydrogen-bond acceptors (Lipinski definition) is 2. The lowest BCUT2D eigenvalue weighted by atomic mass is 9.92. The van der Waals surface area contributed by atoms with Gasteiger partial charge in [-0.15, -0.1) is 0 Å². The average Bonchev–Trinajstić information content (AvgIpc) is 2.84. The summed E-state index contributed by atoms with van der Waals surface area (Å²) in [6.45, 7) is 3.82. The van der Waals surface area contributed by atoms with Gasteiger partial charge in [0.1, 0.15) is 0 Å². The number of hydrogen-bond donors (Lipinski definition) is 0. The van der Waals surface area contributed by atoms with E-state index in [1.54, 1.807) is 12.1 Å². The van der Waals surface area contributed by atoms with E-state index in [0.29, 0.717) is 12.0 Å². The molecule has 3 heterocycles. The Hall–Kier alpha value is -3.88. The van der Waals surface area contributed by atoms with Crippen molar-refractivity contribution < 1.29 is 26.3 Å². The fourth-order valence-electron chi connectivity index (χ4n) is 5.09. The van der Waals surface area contributed by atoms with E-state index in [2.05, 4.69) is 0 Å². The van der Waals surface area contributed by atoms with Crippen molar-refractivity contribution in [3.05, 3.63) is 85.2 Å². The maximum Gasteiger partial charge on any atom is 0.195 e. The van der Waals surface area contributed by atoms with Gasteiger partial charge in [0.05, 0.1) is 21.9 Å². The Morgan fingerprint density at radius 2 is 1.09 bits per heavy atom. The Bertz CT molecular complexity index is 1880. The molecule has 0 amide bonds. The molecule has 35 heavy (non-hydrogen) atoms. The highest BCUT2D eigenvalue weighted by molar-refractivity contribution is 6.22. The molecule has 0 aliphatic rings. The smallest absolute Gasteiger partial charge is 0.195 e. The van der Waals surface area contributed by atoms with Gasteiger partial charge in [0, 0.05) is 39.1 Å². The molecular formula is C26H13F6NO2. The minimum Gasteiger partial charge on any atom is -0.307 e. The van der Waals surface area contributed by atoms with Crippen LogP contribution in [0.5, 0.6) is 0 Å². The van der Waals surface area contributed by atoms with Crippen molar-refractivity contribution in [2.24, 2.45) is 0 Å². The number of pyridine rings is 3. The third-order valence-corrected chi connectivity index (χ3v) is 7.00. The fraction of sp³-hybridized carbons (Fsp3) is 0.154. The zero-order valence-electron chi connectivity index (χ0n) is 18.1. The molecule has 0 saturated carbocycles. The molecule has 1 atom stereocenters. The van der Waals surface area contributed by atoms with Crippen molar-refractivity contribution in [1.82, 2.24) is 4.40 Å². The summed E-state index contributed by atoms with van der Waals surface area (Å²) in [5.74, 6) is -11.9. The van der Waals surface area contributed by atoms with Gasteiger partial charge in [0.25, 0.3) is 0 Å². The van der Waals surface area contributed by atoms with Crippen LogP contribution < -0.4 is 10.9 Å². The highest BCUT2D eigenvalue weighted by atomic mass is 19.2. The summed E-state index contributed by atoms with van der Waals surface area (Å²) in [7, 11) is 0. The van der Waals surface area contributed by atoms with Gasteiger partial charge < -0.3 is 4.40 Å². The molecule has 0 spiro atoms. The maximum absolute atomic E-state index is 15.2. The highest BCUT2D eigenvalue weighted by Gasteiger charge is 2.31. The van der Waals surface area contributed by atoms with Crippen LogP contribution >= 0.6 is 0 Å². The number of fused-ring (bicyclic) bond motifs is 2. The van der Waals surface area contributed by atoms with E-state index < -0.39 is 67.3 Å². The lowest BCUT2D eigenvalue weighted by Gasteiger charge is -2.20. The Morgan fingerprint density at radius 3 is 1.51 bits per heavy atom. The van der Waals surface area contributed by atoms with E-state index >= 15 is 8.78 Å². The molecule has 0 fully saturated rings. The molecule has 6 aromatic rings. The van der Waals surface area contributed by atoms with Crippen LogP contribution in [0, 0.1) is 34.9 Å². The van der Waals surface area contributed by atoms with E-state index in [1.165, 1.54) is 0 Å². The van der Waals surface area contributed by atoms with Crippen molar-refractivity contribution in [3.8, 4) is 0 Å². The number of rotatable bonds is 2. The van der Waals surface area contributed by atoms with E-state index in [9.17, 15) is 27.2 Å². The number of aromatic nitrogens is 1. The predicted octanol–water partition coefficient (Wildman–Crippen LogP) is 6.50. The van der Waals surface area contributed by atoms with Gasteiger partial charge in [-0.3, -0.25) is 9.59 Å². The molecule has 3 aromatic carbocycles. The monoisotopic (exact) mass is 485 g/mol. The minimum atomic E-state index is -2.10. The molecule has 0 bridgehead atoms. The Kier molecular flexibility index (Phi) is 4.23. The van der Waals surface area contributed by atoms with Crippen LogP contribution in [0.4, 0.5) is 26.3 Å². The first-order chi connectivity index (χ1) is 16.6. The standard InChI is InChI=1S/C26H13F6NO2/c1-3-8(2)9-4-10-14(34)6-12-16-18-17(13-7-15(35)11(5-9)26(10)33(12)13)21(28)25(32)23(30)19(18)22(29)24(31)20(16)27/h4-8H,3H2,1-2H3. The molecule has 0 aliphatic heterocycles. The molecule has 0 N–H and O–H groups in total. The van der Waals surface area contributed by atoms with Gasteiger partial charge in [0.2, 0.25) is 0 Å². The number of benzene rings is 3. The van der Waals surface area contributed by atoms with Gasteiger partial charge in [-0.2, -0.15) is 0 Å². The Balaban J connectivity index is 2.07. The highest BCUT2D eigenvalue weighted by Crippen LogP contribution is 2.42. The molecule has 0 aliphatic carbocycles. The van der Waals surface area contributed by atoms with Crippen LogP contribution in [0.15, 0.2) is 33.9 Å². The van der Waals surface area contributed by atoms with Crippen molar-refractivity contribution in [2.75, 3.05) is 0 Å². The Morgan fingerprint density at radius 1 is 0.657 bits per heavy atom. The molecule has 6 rings (SSSR count). The summed E-state index contributed by atoms with van der Waals surface area (Å²) in [6, 6.07) is 5.00. The summed E-state index contributed by atoms with van der Waals surface area (Å²) >= 11 is 0. The van der Waals surface area contributed by atoms with E-state index in [4.69, 9.17) is 0 Å². The molecule has 1 unspecified atom stereocenters. The quantitative estimate of drug-likeness (QED) is 0.122. The topological polar surface area (TPSA) is 38.5 Å². The first-order valence-corrected chi connectivity index (χ1v) is 10.8. The zero-order chi connectivity index (χ0) is 25.1. The fourth-order valence-corrected chi connectivity index (χ4v) is 5.09. The van der Waals surface area contributed by atoms with Gasteiger partial charge in [0.15, 0.2) is 45.8 Å². The summed E-state index contributed by atoms with van der Waals surface area (Å²) in [4.78, 5) is 26.3. The van der Waals surface area contributed by atoms with E-state index in [-0.39, 0.29) is 33.2 Å². The van der Waals surface area contributed by atoms with Crippen LogP contribution in [0.25, 0.3) is 48.9 Å². The van der Waals surface area contributed by atoms with Gasteiger partial charge >= 0.3 is 0 Å². The van der Waals surface area contributed by atoms with E-state index in [1.807, 2.05) is 13.8 Å². The van der Waals surface area contributed by atoms with Crippen molar-refractivity contribution in [3.63, 3.8) is 0 Å². The molecule has 0 saturated heterocycles. The van der Waals surface area contributed by atoms with Crippen molar-refractivity contribution in [2.45, 2.75) is 26.2 Å². The first kappa shape index (κ1) is 21.6. The number of halogens is 6. The largest absolute Gasteiger partial charge is 0.307 e. The molecule has 3 nitrogen and oxygen atoms in total. The SMILES string of the molecule is CCC(C)c1cc2c(=O)cc3c4c(F)c(F)c(F)c5c(F)c(F)c(F)c(c54)c4cc(=O)c(c1)c2n34. The van der Waals surface area contributed by atoms with Crippen LogP contribution in [0.2, 0.25) is 0 Å². The Labute approximate surface area is 191 Å². The summed E-state index contributed by atoms with van der Waals surface area (Å²) in [5.41, 5.74) is -1.30. The summed E-state index contributed by atoms with van der Waals surface area (Å²) in [6.07, 6.45) is 0.702. The molecular weight excluding hydrogens is 472 g/mol. The summed E-state index contributed by atoms with van der Waals surface area (Å²) < 4.78 is 89.8. The number of nitrogens with zero attached hydrogens (tertiary/aromatic N) is 1.